The highest BCUT2D eigenvalue weighted by atomic mass is 35.5. The van der Waals surface area contributed by atoms with Crippen LogP contribution in [0.3, 0.4) is 0 Å². The van der Waals surface area contributed by atoms with Crippen LogP contribution in [0.2, 0.25) is 10.0 Å². The first-order chi connectivity index (χ1) is 12.0. The van der Waals surface area contributed by atoms with Gasteiger partial charge in [0, 0.05) is 22.3 Å². The minimum atomic E-state index is 0.450. The molecule has 4 N–H and O–H groups in total. The van der Waals surface area contributed by atoms with Crippen LogP contribution in [-0.4, -0.2) is 9.97 Å². The molecule has 0 aliphatic rings. The molecule has 0 unspecified atom stereocenters. The number of nitrogen functional groups attached to an aromatic ring is 1. The Hall–Kier alpha value is -2.50. The van der Waals surface area contributed by atoms with Gasteiger partial charge in [-0.1, -0.05) is 35.3 Å². The molecule has 7 heteroatoms. The molecule has 0 aliphatic carbocycles. The van der Waals surface area contributed by atoms with Crippen molar-refractivity contribution in [3.8, 4) is 0 Å². The van der Waals surface area contributed by atoms with E-state index in [0.717, 1.165) is 16.8 Å². The predicted octanol–water partition coefficient (Wildman–Crippen LogP) is 5.03. The number of aromatic nitrogens is 2. The van der Waals surface area contributed by atoms with Crippen LogP contribution in [0.5, 0.6) is 0 Å². The minimum absolute atomic E-state index is 0.450. The molecule has 128 valence electrons. The van der Waals surface area contributed by atoms with Crippen molar-refractivity contribution in [1.29, 1.82) is 0 Å². The van der Waals surface area contributed by atoms with Crippen LogP contribution in [-0.2, 0) is 6.54 Å². The number of benzene rings is 2. The van der Waals surface area contributed by atoms with Crippen LogP contribution in [0.15, 0.2) is 48.8 Å². The number of nitrogens with one attached hydrogen (secondary N) is 2. The summed E-state index contributed by atoms with van der Waals surface area (Å²) in [5.74, 6) is 1.11. The fourth-order valence-corrected chi connectivity index (χ4v) is 2.67. The van der Waals surface area contributed by atoms with Crippen LogP contribution in [0.1, 0.15) is 11.1 Å². The SMILES string of the molecule is Cc1cc(Cl)ccc1Nc1ncnc(NCc2ccc(Cl)cc2)c1N. The van der Waals surface area contributed by atoms with E-state index in [4.69, 9.17) is 28.9 Å². The second-order valence-electron chi connectivity index (χ2n) is 5.55. The Bertz CT molecular complexity index is 881. The standard InChI is InChI=1S/C18H17Cl2N5/c1-11-8-14(20)6-7-15(11)25-18-16(21)17(23-10-24-18)22-9-12-2-4-13(19)5-3-12/h2-8,10H,9,21H2,1H3,(H2,22,23,24,25). The fraction of sp³-hybridized carbons (Fsp3) is 0.111. The van der Waals surface area contributed by atoms with Gasteiger partial charge in [-0.15, -0.1) is 0 Å². The molecule has 0 aliphatic heterocycles. The number of aryl methyl sites for hydroxylation is 1. The van der Waals surface area contributed by atoms with Crippen molar-refractivity contribution in [2.24, 2.45) is 0 Å². The fourth-order valence-electron chi connectivity index (χ4n) is 2.32. The molecule has 0 fully saturated rings. The summed E-state index contributed by atoms with van der Waals surface area (Å²) >= 11 is 11.9. The first kappa shape index (κ1) is 17.3. The minimum Gasteiger partial charge on any atom is -0.393 e. The summed E-state index contributed by atoms with van der Waals surface area (Å²) in [6.45, 7) is 2.54. The molecule has 0 spiro atoms. The Morgan fingerprint density at radius 1 is 0.960 bits per heavy atom. The monoisotopic (exact) mass is 373 g/mol. The van der Waals surface area contributed by atoms with Gasteiger partial charge in [0.05, 0.1) is 0 Å². The summed E-state index contributed by atoms with van der Waals surface area (Å²) in [6, 6.07) is 13.2. The number of anilines is 4. The van der Waals surface area contributed by atoms with Crippen molar-refractivity contribution in [3.63, 3.8) is 0 Å². The number of nitrogens with zero attached hydrogens (tertiary/aromatic N) is 2. The third-order valence-electron chi connectivity index (χ3n) is 3.70. The average molecular weight is 374 g/mol. The van der Waals surface area contributed by atoms with E-state index in [-0.39, 0.29) is 0 Å². The zero-order valence-electron chi connectivity index (χ0n) is 13.6. The van der Waals surface area contributed by atoms with Gasteiger partial charge in [0.15, 0.2) is 11.6 Å². The van der Waals surface area contributed by atoms with Gasteiger partial charge in [-0.05, 0) is 48.4 Å². The first-order valence-corrected chi connectivity index (χ1v) is 8.40. The normalized spacial score (nSPS) is 10.5. The largest absolute Gasteiger partial charge is 0.393 e. The molecule has 1 aromatic heterocycles. The maximum absolute atomic E-state index is 6.20. The summed E-state index contributed by atoms with van der Waals surface area (Å²) in [5, 5.41) is 7.83. The van der Waals surface area contributed by atoms with Crippen LogP contribution >= 0.6 is 23.2 Å². The Morgan fingerprint density at radius 3 is 2.36 bits per heavy atom. The summed E-state index contributed by atoms with van der Waals surface area (Å²) in [5.41, 5.74) is 9.62. The quantitative estimate of drug-likeness (QED) is 0.584. The first-order valence-electron chi connectivity index (χ1n) is 7.65. The number of halogens is 2. The molecule has 1 heterocycles. The maximum Gasteiger partial charge on any atom is 0.159 e. The van der Waals surface area contributed by atoms with Crippen molar-refractivity contribution in [2.45, 2.75) is 13.5 Å². The molecule has 0 atom stereocenters. The van der Waals surface area contributed by atoms with Crippen molar-refractivity contribution in [1.82, 2.24) is 9.97 Å². The van der Waals surface area contributed by atoms with E-state index in [1.54, 1.807) is 0 Å². The Kier molecular flexibility index (Phi) is 5.26. The van der Waals surface area contributed by atoms with Gasteiger partial charge in [-0.25, -0.2) is 9.97 Å². The van der Waals surface area contributed by atoms with Crippen LogP contribution in [0, 0.1) is 6.92 Å². The van der Waals surface area contributed by atoms with Crippen molar-refractivity contribution in [3.05, 3.63) is 70.0 Å². The van der Waals surface area contributed by atoms with Gasteiger partial charge in [0.1, 0.15) is 12.0 Å². The zero-order valence-corrected chi connectivity index (χ0v) is 15.1. The lowest BCUT2D eigenvalue weighted by Gasteiger charge is -2.14. The second-order valence-corrected chi connectivity index (χ2v) is 6.42. The van der Waals surface area contributed by atoms with Crippen molar-refractivity contribution >= 4 is 46.2 Å². The molecular formula is C18H17Cl2N5. The molecule has 0 saturated heterocycles. The van der Waals surface area contributed by atoms with Gasteiger partial charge in [0.2, 0.25) is 0 Å². The molecule has 2 aromatic carbocycles. The van der Waals surface area contributed by atoms with E-state index in [9.17, 15) is 0 Å². The summed E-state index contributed by atoms with van der Waals surface area (Å²) in [7, 11) is 0. The maximum atomic E-state index is 6.20. The lowest BCUT2D eigenvalue weighted by atomic mass is 10.2. The van der Waals surface area contributed by atoms with E-state index in [1.807, 2.05) is 49.4 Å². The van der Waals surface area contributed by atoms with Gasteiger partial charge in [-0.2, -0.15) is 0 Å². The number of rotatable bonds is 5. The number of hydrogen-bond donors (Lipinski definition) is 3. The molecule has 3 aromatic rings. The third-order valence-corrected chi connectivity index (χ3v) is 4.19. The molecule has 5 nitrogen and oxygen atoms in total. The third kappa shape index (κ3) is 4.32. The lowest BCUT2D eigenvalue weighted by molar-refractivity contribution is 1.09. The van der Waals surface area contributed by atoms with E-state index < -0.39 is 0 Å². The zero-order chi connectivity index (χ0) is 17.8. The average Bonchev–Trinajstić information content (AvgIpc) is 2.59. The van der Waals surface area contributed by atoms with E-state index in [1.165, 1.54) is 6.33 Å². The van der Waals surface area contributed by atoms with E-state index >= 15 is 0 Å². The van der Waals surface area contributed by atoms with Crippen LogP contribution < -0.4 is 16.4 Å². The van der Waals surface area contributed by atoms with Crippen LogP contribution in [0.4, 0.5) is 23.0 Å². The number of hydrogen-bond acceptors (Lipinski definition) is 5. The molecule has 0 saturated carbocycles. The highest BCUT2D eigenvalue weighted by Gasteiger charge is 2.09. The number of nitrogens with two attached hydrogens (primary N) is 1. The highest BCUT2D eigenvalue weighted by molar-refractivity contribution is 6.31. The lowest BCUT2D eigenvalue weighted by Crippen LogP contribution is -2.08. The van der Waals surface area contributed by atoms with Gasteiger partial charge < -0.3 is 16.4 Å². The Balaban J connectivity index is 1.76. The summed E-state index contributed by atoms with van der Waals surface area (Å²) in [4.78, 5) is 8.44. The Labute approximate surface area is 156 Å². The van der Waals surface area contributed by atoms with E-state index in [2.05, 4.69) is 20.6 Å². The van der Waals surface area contributed by atoms with Gasteiger partial charge in [-0.3, -0.25) is 0 Å². The predicted molar refractivity (Wildman–Crippen MR) is 105 cm³/mol. The topological polar surface area (TPSA) is 75.9 Å². The molecule has 3 rings (SSSR count). The molecule has 0 radical (unpaired) electrons. The van der Waals surface area contributed by atoms with Gasteiger partial charge in [0.25, 0.3) is 0 Å². The summed E-state index contributed by atoms with van der Waals surface area (Å²) in [6.07, 6.45) is 1.47. The van der Waals surface area contributed by atoms with E-state index in [0.29, 0.717) is 33.9 Å². The highest BCUT2D eigenvalue weighted by Crippen LogP contribution is 2.28. The molecule has 25 heavy (non-hydrogen) atoms. The second kappa shape index (κ2) is 7.59. The molecule has 0 amide bonds. The van der Waals surface area contributed by atoms with Crippen molar-refractivity contribution < 1.29 is 0 Å². The Morgan fingerprint density at radius 2 is 1.64 bits per heavy atom. The smallest absolute Gasteiger partial charge is 0.159 e. The summed E-state index contributed by atoms with van der Waals surface area (Å²) < 4.78 is 0. The van der Waals surface area contributed by atoms with Gasteiger partial charge >= 0.3 is 0 Å². The molecule has 0 bridgehead atoms. The van der Waals surface area contributed by atoms with Crippen molar-refractivity contribution in [2.75, 3.05) is 16.4 Å². The van der Waals surface area contributed by atoms with Crippen LogP contribution in [0.25, 0.3) is 0 Å². The molecular weight excluding hydrogens is 357 g/mol.